The van der Waals surface area contributed by atoms with Gasteiger partial charge in [-0.1, -0.05) is 36.4 Å². The summed E-state index contributed by atoms with van der Waals surface area (Å²) in [6.07, 6.45) is 6.12. The third-order valence-electron chi connectivity index (χ3n) is 5.27. The van der Waals surface area contributed by atoms with Gasteiger partial charge in [0.1, 0.15) is 0 Å². The summed E-state index contributed by atoms with van der Waals surface area (Å²) in [6.45, 7) is 0.486. The van der Waals surface area contributed by atoms with Crippen molar-refractivity contribution in [1.29, 1.82) is 0 Å². The zero-order chi connectivity index (χ0) is 19.1. The maximum atomic E-state index is 12.2. The molecule has 27 heavy (non-hydrogen) atoms. The number of benzene rings is 2. The van der Waals surface area contributed by atoms with Crippen LogP contribution < -0.4 is 4.90 Å². The van der Waals surface area contributed by atoms with Crippen molar-refractivity contribution in [3.63, 3.8) is 0 Å². The maximum Gasteiger partial charge on any atom is 0.230 e. The van der Waals surface area contributed by atoms with E-state index in [2.05, 4.69) is 36.4 Å². The fraction of sp³-hybridized carbons (Fsp3) is 0.435. The van der Waals surface area contributed by atoms with E-state index in [0.717, 1.165) is 44.2 Å². The predicted octanol–water partition coefficient (Wildman–Crippen LogP) is 3.79. The summed E-state index contributed by atoms with van der Waals surface area (Å²) in [5.41, 5.74) is 4.64. The van der Waals surface area contributed by atoms with Gasteiger partial charge in [0.15, 0.2) is 0 Å². The number of aryl methyl sites for hydroxylation is 2. The minimum Gasteiger partial charge on any atom is -0.396 e. The first-order valence-corrected chi connectivity index (χ1v) is 9.94. The van der Waals surface area contributed by atoms with Crippen LogP contribution in [0.1, 0.15) is 54.8 Å². The van der Waals surface area contributed by atoms with Crippen molar-refractivity contribution in [2.45, 2.75) is 51.0 Å². The number of nitrogens with zero attached hydrogens (tertiary/aromatic N) is 1. The van der Waals surface area contributed by atoms with E-state index in [0.29, 0.717) is 6.42 Å². The van der Waals surface area contributed by atoms with Gasteiger partial charge in [-0.3, -0.25) is 4.79 Å². The second-order valence-corrected chi connectivity index (χ2v) is 7.25. The molecule has 0 aromatic heterocycles. The number of aliphatic hydroxyl groups is 2. The van der Waals surface area contributed by atoms with Gasteiger partial charge in [-0.25, -0.2) is 0 Å². The lowest BCUT2D eigenvalue weighted by Gasteiger charge is -2.41. The fourth-order valence-corrected chi connectivity index (χ4v) is 3.62. The van der Waals surface area contributed by atoms with Crippen molar-refractivity contribution in [3.05, 3.63) is 65.2 Å². The van der Waals surface area contributed by atoms with E-state index >= 15 is 0 Å². The van der Waals surface area contributed by atoms with Crippen LogP contribution in [0.5, 0.6) is 0 Å². The number of carbonyl (C=O) groups is 1. The zero-order valence-corrected chi connectivity index (χ0v) is 15.8. The Hall–Kier alpha value is -2.17. The second kappa shape index (κ2) is 9.67. The third kappa shape index (κ3) is 4.96. The monoisotopic (exact) mass is 367 g/mol. The lowest BCUT2D eigenvalue weighted by molar-refractivity contribution is -0.124. The van der Waals surface area contributed by atoms with E-state index in [1.807, 2.05) is 17.0 Å². The molecule has 0 radical (unpaired) electrons. The summed E-state index contributed by atoms with van der Waals surface area (Å²) in [5.74, 6) is 0.167. The molecule has 0 saturated carbocycles. The van der Waals surface area contributed by atoms with Crippen LogP contribution in [-0.2, 0) is 17.6 Å². The molecule has 4 nitrogen and oxygen atoms in total. The molecule has 2 N–H and O–H groups in total. The summed E-state index contributed by atoms with van der Waals surface area (Å²) < 4.78 is 0. The Labute approximate surface area is 161 Å². The highest BCUT2D eigenvalue weighted by atomic mass is 16.3. The third-order valence-corrected chi connectivity index (χ3v) is 5.27. The number of aliphatic hydroxyl groups excluding tert-OH is 2. The first-order valence-electron chi connectivity index (χ1n) is 9.94. The summed E-state index contributed by atoms with van der Waals surface area (Å²) in [4.78, 5) is 14.1. The standard InChI is InChI=1S/C23H29NO3/c25-15-3-1-5-18-7-11-20(12-8-18)22-17-23(27)24(22)21-13-9-19(10-14-21)6-2-4-16-26/h7-14,22,25-26H,1-6,15-17H2. The number of β-lactam (4-membered cyclic amide) rings is 1. The van der Waals surface area contributed by atoms with Gasteiger partial charge < -0.3 is 15.1 Å². The summed E-state index contributed by atoms with van der Waals surface area (Å²) in [5, 5.41) is 17.8. The Balaban J connectivity index is 1.63. The normalized spacial score (nSPS) is 16.4. The molecule has 1 heterocycles. The molecule has 3 rings (SSSR count). The molecule has 1 amide bonds. The minimum atomic E-state index is 0.115. The highest BCUT2D eigenvalue weighted by Crippen LogP contribution is 2.39. The number of anilines is 1. The van der Waals surface area contributed by atoms with Gasteiger partial charge in [0, 0.05) is 18.9 Å². The first-order chi connectivity index (χ1) is 13.2. The molecule has 144 valence electrons. The van der Waals surface area contributed by atoms with Gasteiger partial charge >= 0.3 is 0 Å². The van der Waals surface area contributed by atoms with Crippen LogP contribution in [0.3, 0.4) is 0 Å². The van der Waals surface area contributed by atoms with E-state index in [1.54, 1.807) is 0 Å². The quantitative estimate of drug-likeness (QED) is 0.496. The highest BCUT2D eigenvalue weighted by molar-refractivity contribution is 6.01. The number of unbranched alkanes of at least 4 members (excludes halogenated alkanes) is 2. The van der Waals surface area contributed by atoms with Gasteiger partial charge in [0.05, 0.1) is 12.5 Å². The van der Waals surface area contributed by atoms with Gasteiger partial charge in [-0.2, -0.15) is 0 Å². The zero-order valence-electron chi connectivity index (χ0n) is 15.8. The summed E-state index contributed by atoms with van der Waals surface area (Å²) in [6, 6.07) is 16.9. The molecule has 2 aromatic rings. The Kier molecular flexibility index (Phi) is 7.02. The first kappa shape index (κ1) is 19.6. The Bertz CT molecular complexity index is 724. The van der Waals surface area contributed by atoms with E-state index in [4.69, 9.17) is 10.2 Å². The van der Waals surface area contributed by atoms with Gasteiger partial charge in [-0.15, -0.1) is 0 Å². The maximum absolute atomic E-state index is 12.2. The van der Waals surface area contributed by atoms with Gasteiger partial charge in [-0.05, 0) is 67.3 Å². The molecular formula is C23H29NO3. The van der Waals surface area contributed by atoms with Crippen molar-refractivity contribution in [2.75, 3.05) is 18.1 Å². The topological polar surface area (TPSA) is 60.8 Å². The largest absolute Gasteiger partial charge is 0.396 e. The van der Waals surface area contributed by atoms with Crippen molar-refractivity contribution in [1.82, 2.24) is 0 Å². The van der Waals surface area contributed by atoms with Crippen molar-refractivity contribution in [2.24, 2.45) is 0 Å². The average Bonchev–Trinajstić information content (AvgIpc) is 2.68. The second-order valence-electron chi connectivity index (χ2n) is 7.25. The minimum absolute atomic E-state index is 0.115. The Morgan fingerprint density at radius 1 is 0.778 bits per heavy atom. The molecule has 0 aliphatic carbocycles. The van der Waals surface area contributed by atoms with Crippen LogP contribution in [0.25, 0.3) is 0 Å². The number of hydrogen-bond donors (Lipinski definition) is 2. The summed E-state index contributed by atoms with van der Waals surface area (Å²) >= 11 is 0. The molecule has 1 atom stereocenters. The van der Waals surface area contributed by atoms with Crippen LogP contribution in [0.4, 0.5) is 5.69 Å². The highest BCUT2D eigenvalue weighted by Gasteiger charge is 2.38. The Morgan fingerprint density at radius 3 is 1.78 bits per heavy atom. The lowest BCUT2D eigenvalue weighted by Crippen LogP contribution is -2.46. The molecular weight excluding hydrogens is 338 g/mol. The van der Waals surface area contributed by atoms with Crippen LogP contribution in [0.15, 0.2) is 48.5 Å². The van der Waals surface area contributed by atoms with Crippen molar-refractivity contribution in [3.8, 4) is 0 Å². The average molecular weight is 367 g/mol. The number of amides is 1. The molecule has 1 fully saturated rings. The van der Waals surface area contributed by atoms with Crippen LogP contribution >= 0.6 is 0 Å². The van der Waals surface area contributed by atoms with Crippen LogP contribution in [-0.4, -0.2) is 29.3 Å². The SMILES string of the molecule is O=C1CC(c2ccc(CCCCO)cc2)N1c1ccc(CCCCO)cc1. The molecule has 1 unspecified atom stereocenters. The van der Waals surface area contributed by atoms with Crippen LogP contribution in [0.2, 0.25) is 0 Å². The van der Waals surface area contributed by atoms with Gasteiger partial charge in [0.2, 0.25) is 5.91 Å². The predicted molar refractivity (Wildman–Crippen MR) is 108 cm³/mol. The van der Waals surface area contributed by atoms with E-state index in [-0.39, 0.29) is 25.2 Å². The van der Waals surface area contributed by atoms with Crippen LogP contribution in [0, 0.1) is 0 Å². The lowest BCUT2D eigenvalue weighted by atomic mass is 9.91. The number of rotatable bonds is 10. The molecule has 4 heteroatoms. The number of hydrogen-bond acceptors (Lipinski definition) is 3. The van der Waals surface area contributed by atoms with E-state index < -0.39 is 0 Å². The molecule has 0 spiro atoms. The number of carbonyl (C=O) groups excluding carboxylic acids is 1. The van der Waals surface area contributed by atoms with E-state index in [9.17, 15) is 4.79 Å². The van der Waals surface area contributed by atoms with Crippen molar-refractivity contribution < 1.29 is 15.0 Å². The van der Waals surface area contributed by atoms with Crippen molar-refractivity contribution >= 4 is 11.6 Å². The smallest absolute Gasteiger partial charge is 0.230 e. The Morgan fingerprint density at radius 2 is 1.30 bits per heavy atom. The molecule has 0 bridgehead atoms. The van der Waals surface area contributed by atoms with E-state index in [1.165, 1.54) is 16.7 Å². The molecule has 2 aromatic carbocycles. The molecule has 1 saturated heterocycles. The van der Waals surface area contributed by atoms with Gasteiger partial charge in [0.25, 0.3) is 0 Å². The molecule has 1 aliphatic heterocycles. The molecule has 1 aliphatic rings. The summed E-state index contributed by atoms with van der Waals surface area (Å²) in [7, 11) is 0. The fourth-order valence-electron chi connectivity index (χ4n) is 3.62.